The smallest absolute Gasteiger partial charge is 0.212 e. The van der Waals surface area contributed by atoms with E-state index in [1.54, 1.807) is 23.0 Å². The van der Waals surface area contributed by atoms with Gasteiger partial charge in [-0.2, -0.15) is 9.78 Å². The van der Waals surface area contributed by atoms with Gasteiger partial charge in [-0.3, -0.25) is 0 Å². The van der Waals surface area contributed by atoms with E-state index in [2.05, 4.69) is 15.3 Å². The summed E-state index contributed by atoms with van der Waals surface area (Å²) in [4.78, 5) is 0. The number of halogens is 1. The van der Waals surface area contributed by atoms with Gasteiger partial charge in [-0.15, -0.1) is 10.2 Å². The second-order valence-electron chi connectivity index (χ2n) is 4.64. The van der Waals surface area contributed by atoms with Crippen LogP contribution in [0.25, 0.3) is 11.4 Å². The summed E-state index contributed by atoms with van der Waals surface area (Å²) in [6.45, 7) is 0. The standard InChI is InChI=1S/C16H13ClN4OS/c1-23-16-20-19-15(11-5-3-2-4-6-11)21(16)18-10-12-9-13(22)7-8-14(12)17/h2-10,22H,1H3/b18-10-. The Morgan fingerprint density at radius 3 is 2.70 bits per heavy atom. The van der Waals surface area contributed by atoms with E-state index in [0.29, 0.717) is 21.6 Å². The van der Waals surface area contributed by atoms with Gasteiger partial charge >= 0.3 is 0 Å². The fraction of sp³-hybridized carbons (Fsp3) is 0.0625. The molecule has 0 bridgehead atoms. The van der Waals surface area contributed by atoms with Gasteiger partial charge in [-0.05, 0) is 24.5 Å². The van der Waals surface area contributed by atoms with Crippen molar-refractivity contribution in [2.45, 2.75) is 5.16 Å². The number of rotatable bonds is 4. The number of thioether (sulfide) groups is 1. The summed E-state index contributed by atoms with van der Waals surface area (Å²) < 4.78 is 1.65. The van der Waals surface area contributed by atoms with Crippen LogP contribution in [0, 0.1) is 0 Å². The van der Waals surface area contributed by atoms with Crippen molar-refractivity contribution in [1.82, 2.24) is 14.9 Å². The van der Waals surface area contributed by atoms with E-state index in [1.165, 1.54) is 17.8 Å². The fourth-order valence-electron chi connectivity index (χ4n) is 2.01. The first kappa shape index (κ1) is 15.6. The molecule has 3 rings (SSSR count). The second-order valence-corrected chi connectivity index (χ2v) is 5.82. The van der Waals surface area contributed by atoms with Gasteiger partial charge in [0.1, 0.15) is 5.75 Å². The molecule has 0 aliphatic heterocycles. The Kier molecular flexibility index (Phi) is 4.64. The summed E-state index contributed by atoms with van der Waals surface area (Å²) in [6, 6.07) is 14.4. The monoisotopic (exact) mass is 344 g/mol. The lowest BCUT2D eigenvalue weighted by molar-refractivity contribution is 0.475. The molecule has 116 valence electrons. The van der Waals surface area contributed by atoms with Crippen molar-refractivity contribution in [3.63, 3.8) is 0 Å². The minimum Gasteiger partial charge on any atom is -0.508 e. The quantitative estimate of drug-likeness (QED) is 0.575. The first-order valence-corrected chi connectivity index (χ1v) is 8.37. The van der Waals surface area contributed by atoms with Crippen LogP contribution in [0.4, 0.5) is 0 Å². The van der Waals surface area contributed by atoms with Crippen LogP contribution in [0.3, 0.4) is 0 Å². The molecule has 0 radical (unpaired) electrons. The minimum atomic E-state index is 0.132. The largest absolute Gasteiger partial charge is 0.508 e. The van der Waals surface area contributed by atoms with Crippen molar-refractivity contribution in [2.24, 2.45) is 5.10 Å². The Bertz CT molecular complexity index is 849. The van der Waals surface area contributed by atoms with Crippen LogP contribution in [0.15, 0.2) is 58.8 Å². The van der Waals surface area contributed by atoms with E-state index in [9.17, 15) is 5.11 Å². The molecular formula is C16H13ClN4OS. The Hall–Kier alpha value is -2.31. The van der Waals surface area contributed by atoms with Gasteiger partial charge in [-0.1, -0.05) is 53.7 Å². The van der Waals surface area contributed by atoms with Gasteiger partial charge in [0.2, 0.25) is 5.16 Å². The number of phenols is 1. The van der Waals surface area contributed by atoms with Crippen molar-refractivity contribution < 1.29 is 5.11 Å². The summed E-state index contributed by atoms with van der Waals surface area (Å²) in [5.41, 5.74) is 1.53. The zero-order valence-electron chi connectivity index (χ0n) is 12.2. The molecule has 5 nitrogen and oxygen atoms in total. The van der Waals surface area contributed by atoms with Crippen molar-refractivity contribution >= 4 is 29.6 Å². The fourth-order valence-corrected chi connectivity index (χ4v) is 2.61. The van der Waals surface area contributed by atoms with Crippen molar-refractivity contribution in [3.05, 3.63) is 59.1 Å². The molecule has 0 saturated carbocycles. The third-order valence-electron chi connectivity index (χ3n) is 3.12. The van der Waals surface area contributed by atoms with Gasteiger partial charge in [0.25, 0.3) is 0 Å². The Morgan fingerprint density at radius 2 is 1.96 bits per heavy atom. The number of aromatic hydroxyl groups is 1. The van der Waals surface area contributed by atoms with Crippen molar-refractivity contribution in [1.29, 1.82) is 0 Å². The molecule has 1 N–H and O–H groups in total. The van der Waals surface area contributed by atoms with Gasteiger partial charge in [0.05, 0.1) is 6.21 Å². The van der Waals surface area contributed by atoms with Crippen LogP contribution in [-0.4, -0.2) is 32.5 Å². The molecule has 1 heterocycles. The van der Waals surface area contributed by atoms with Crippen molar-refractivity contribution in [3.8, 4) is 17.1 Å². The molecule has 7 heteroatoms. The molecule has 23 heavy (non-hydrogen) atoms. The normalized spacial score (nSPS) is 11.2. The first-order valence-electron chi connectivity index (χ1n) is 6.76. The number of aromatic nitrogens is 3. The van der Waals surface area contributed by atoms with Crippen LogP contribution in [0.2, 0.25) is 5.02 Å². The lowest BCUT2D eigenvalue weighted by Gasteiger charge is -2.04. The maximum absolute atomic E-state index is 9.57. The summed E-state index contributed by atoms with van der Waals surface area (Å²) >= 11 is 7.57. The van der Waals surface area contributed by atoms with E-state index in [4.69, 9.17) is 11.6 Å². The van der Waals surface area contributed by atoms with Crippen LogP contribution in [0.5, 0.6) is 5.75 Å². The highest BCUT2D eigenvalue weighted by Gasteiger charge is 2.12. The number of hydrogen-bond donors (Lipinski definition) is 1. The molecule has 2 aromatic carbocycles. The average molecular weight is 345 g/mol. The number of phenolic OH excluding ortho intramolecular Hbond substituents is 1. The first-order chi connectivity index (χ1) is 11.2. The zero-order valence-corrected chi connectivity index (χ0v) is 13.8. The summed E-state index contributed by atoms with van der Waals surface area (Å²) in [5.74, 6) is 0.774. The Labute approximate surface area is 142 Å². The Morgan fingerprint density at radius 1 is 1.17 bits per heavy atom. The predicted octanol–water partition coefficient (Wildman–Crippen LogP) is 3.91. The van der Waals surface area contributed by atoms with E-state index in [1.807, 2.05) is 36.6 Å². The maximum Gasteiger partial charge on any atom is 0.212 e. The van der Waals surface area contributed by atoms with Crippen LogP contribution < -0.4 is 0 Å². The predicted molar refractivity (Wildman–Crippen MR) is 93.3 cm³/mol. The number of nitrogens with zero attached hydrogens (tertiary/aromatic N) is 4. The lowest BCUT2D eigenvalue weighted by Crippen LogP contribution is -1.96. The molecule has 0 aliphatic carbocycles. The lowest BCUT2D eigenvalue weighted by atomic mass is 10.2. The summed E-state index contributed by atoms with van der Waals surface area (Å²) in [7, 11) is 0. The molecule has 0 fully saturated rings. The van der Waals surface area contributed by atoms with E-state index in [-0.39, 0.29) is 5.75 Å². The van der Waals surface area contributed by atoms with E-state index < -0.39 is 0 Å². The molecule has 1 aromatic heterocycles. The number of benzene rings is 2. The third-order valence-corrected chi connectivity index (χ3v) is 4.08. The van der Waals surface area contributed by atoms with Gasteiger partial charge < -0.3 is 5.11 Å². The molecule has 0 saturated heterocycles. The highest BCUT2D eigenvalue weighted by Crippen LogP contribution is 2.23. The highest BCUT2D eigenvalue weighted by atomic mass is 35.5. The Balaban J connectivity index is 2.04. The zero-order chi connectivity index (χ0) is 16.2. The van der Waals surface area contributed by atoms with E-state index in [0.717, 1.165) is 5.56 Å². The van der Waals surface area contributed by atoms with Crippen molar-refractivity contribution in [2.75, 3.05) is 6.26 Å². The third kappa shape index (κ3) is 3.38. The maximum atomic E-state index is 9.57. The van der Waals surface area contributed by atoms with Gasteiger partial charge in [0.15, 0.2) is 5.82 Å². The molecule has 3 aromatic rings. The van der Waals surface area contributed by atoms with Crippen LogP contribution in [0.1, 0.15) is 5.56 Å². The molecule has 0 atom stereocenters. The highest BCUT2D eigenvalue weighted by molar-refractivity contribution is 7.98. The molecule has 0 spiro atoms. The molecule has 0 aliphatic rings. The summed E-state index contributed by atoms with van der Waals surface area (Å²) in [6.07, 6.45) is 3.49. The van der Waals surface area contributed by atoms with Crippen LogP contribution >= 0.6 is 23.4 Å². The topological polar surface area (TPSA) is 63.3 Å². The second kappa shape index (κ2) is 6.85. The minimum absolute atomic E-state index is 0.132. The molecular weight excluding hydrogens is 332 g/mol. The van der Waals surface area contributed by atoms with Gasteiger partial charge in [0, 0.05) is 16.1 Å². The number of hydrogen-bond acceptors (Lipinski definition) is 5. The molecule has 0 unspecified atom stereocenters. The van der Waals surface area contributed by atoms with E-state index >= 15 is 0 Å². The summed E-state index contributed by atoms with van der Waals surface area (Å²) in [5, 5.41) is 23.5. The average Bonchev–Trinajstić information content (AvgIpc) is 2.99. The SMILES string of the molecule is CSc1nnc(-c2ccccc2)n1/N=C\c1cc(O)ccc1Cl. The van der Waals surface area contributed by atoms with Gasteiger partial charge in [-0.25, -0.2) is 0 Å². The molecule has 0 amide bonds. The van der Waals surface area contributed by atoms with Crippen LogP contribution in [-0.2, 0) is 0 Å².